The molecule has 26 heavy (non-hydrogen) atoms. The van der Waals surface area contributed by atoms with Gasteiger partial charge in [-0.25, -0.2) is 9.78 Å². The Hall–Kier alpha value is -1.58. The van der Waals surface area contributed by atoms with Crippen molar-refractivity contribution < 1.29 is 9.53 Å². The van der Waals surface area contributed by atoms with E-state index in [2.05, 4.69) is 32.6 Å². The van der Waals surface area contributed by atoms with Crippen molar-refractivity contribution in [2.75, 3.05) is 31.1 Å². The zero-order chi connectivity index (χ0) is 18.5. The Balaban J connectivity index is 1.68. The van der Waals surface area contributed by atoms with E-state index in [0.717, 1.165) is 46.7 Å². The Morgan fingerprint density at radius 2 is 1.92 bits per heavy atom. The first kappa shape index (κ1) is 17.8. The van der Waals surface area contributed by atoms with Gasteiger partial charge in [0.15, 0.2) is 5.65 Å². The van der Waals surface area contributed by atoms with Crippen LogP contribution in [0.25, 0.3) is 5.65 Å². The number of nitrogens with zero attached hydrogens (tertiary/aromatic N) is 5. The summed E-state index contributed by atoms with van der Waals surface area (Å²) in [5.41, 5.74) is 2.75. The molecule has 1 fully saturated rings. The van der Waals surface area contributed by atoms with Gasteiger partial charge in [-0.2, -0.15) is 9.61 Å². The molecule has 2 aliphatic heterocycles. The van der Waals surface area contributed by atoms with Crippen LogP contribution in [0.15, 0.2) is 6.20 Å². The zero-order valence-corrected chi connectivity index (χ0v) is 17.6. The van der Waals surface area contributed by atoms with Gasteiger partial charge in [0.1, 0.15) is 11.4 Å². The molecule has 0 N–H and O–H groups in total. The molecule has 4 rings (SSSR count). The maximum Gasteiger partial charge on any atom is 0.410 e. The number of hydrogen-bond donors (Lipinski definition) is 0. The van der Waals surface area contributed by atoms with Crippen LogP contribution in [0.5, 0.6) is 0 Å². The third-order valence-corrected chi connectivity index (χ3v) is 5.58. The molecule has 1 amide bonds. The second-order valence-electron chi connectivity index (χ2n) is 7.90. The molecule has 0 saturated carbocycles. The Morgan fingerprint density at radius 1 is 1.19 bits per heavy atom. The number of fused-ring (bicyclic) bond motifs is 2. The van der Waals surface area contributed by atoms with E-state index in [1.165, 1.54) is 12.0 Å². The zero-order valence-electron chi connectivity index (χ0n) is 15.5. The van der Waals surface area contributed by atoms with Crippen molar-refractivity contribution in [2.45, 2.75) is 45.6 Å². The SMILES string of the molecule is CC(C)(C)OC(=O)N1CCc2nc3c(I)cnn3c(N3CCC3)c2CC1. The average molecular weight is 469 g/mol. The molecule has 0 aliphatic carbocycles. The summed E-state index contributed by atoms with van der Waals surface area (Å²) in [7, 11) is 0. The summed E-state index contributed by atoms with van der Waals surface area (Å²) >= 11 is 2.29. The molecule has 2 aromatic heterocycles. The van der Waals surface area contributed by atoms with Crippen LogP contribution >= 0.6 is 22.6 Å². The molecule has 0 unspecified atom stereocenters. The van der Waals surface area contributed by atoms with E-state index in [1.54, 1.807) is 4.90 Å². The second kappa shape index (κ2) is 6.54. The summed E-state index contributed by atoms with van der Waals surface area (Å²) in [6, 6.07) is 0. The van der Waals surface area contributed by atoms with Gasteiger partial charge >= 0.3 is 6.09 Å². The first-order valence-corrected chi connectivity index (χ1v) is 10.2. The van der Waals surface area contributed by atoms with Gasteiger partial charge in [-0.1, -0.05) is 0 Å². The van der Waals surface area contributed by atoms with Crippen LogP contribution in [0.2, 0.25) is 0 Å². The van der Waals surface area contributed by atoms with Gasteiger partial charge in [-0.3, -0.25) is 0 Å². The van der Waals surface area contributed by atoms with E-state index >= 15 is 0 Å². The quantitative estimate of drug-likeness (QED) is 0.602. The maximum absolute atomic E-state index is 12.5. The number of amides is 1. The molecule has 0 aromatic carbocycles. The highest BCUT2D eigenvalue weighted by atomic mass is 127. The van der Waals surface area contributed by atoms with Crippen molar-refractivity contribution in [1.29, 1.82) is 0 Å². The molecule has 1 saturated heterocycles. The van der Waals surface area contributed by atoms with Crippen molar-refractivity contribution >= 4 is 40.1 Å². The Bertz CT molecular complexity index is 853. The highest BCUT2D eigenvalue weighted by Gasteiger charge is 2.30. The normalized spacial score (nSPS) is 17.7. The van der Waals surface area contributed by atoms with Gasteiger partial charge in [-0.05, 0) is 56.2 Å². The molecule has 140 valence electrons. The summed E-state index contributed by atoms with van der Waals surface area (Å²) in [5, 5.41) is 4.56. The molecular formula is C18H24IN5O2. The summed E-state index contributed by atoms with van der Waals surface area (Å²) in [6.07, 6.45) is 4.36. The molecular weight excluding hydrogens is 445 g/mol. The number of anilines is 1. The minimum atomic E-state index is -0.478. The monoisotopic (exact) mass is 469 g/mol. The van der Waals surface area contributed by atoms with Gasteiger partial charge in [0.25, 0.3) is 0 Å². The molecule has 2 aliphatic rings. The van der Waals surface area contributed by atoms with Crippen molar-refractivity contribution in [3.8, 4) is 0 Å². The lowest BCUT2D eigenvalue weighted by molar-refractivity contribution is 0.0258. The molecule has 0 radical (unpaired) electrons. The first-order chi connectivity index (χ1) is 12.3. The Kier molecular flexibility index (Phi) is 4.48. The molecule has 7 nitrogen and oxygen atoms in total. The van der Waals surface area contributed by atoms with Crippen LogP contribution in [0, 0.1) is 3.57 Å². The van der Waals surface area contributed by atoms with Crippen LogP contribution < -0.4 is 4.90 Å². The fourth-order valence-corrected chi connectivity index (χ4v) is 3.93. The second-order valence-corrected chi connectivity index (χ2v) is 9.06. The van der Waals surface area contributed by atoms with Crippen molar-refractivity contribution in [1.82, 2.24) is 19.5 Å². The van der Waals surface area contributed by atoms with E-state index in [1.807, 2.05) is 31.5 Å². The van der Waals surface area contributed by atoms with Crippen molar-refractivity contribution in [2.24, 2.45) is 0 Å². The highest BCUT2D eigenvalue weighted by Crippen LogP contribution is 2.31. The standard InChI is InChI=1S/C18H24IN5O2/c1-18(2,3)26-17(25)23-9-5-12-14(6-10-23)21-15-13(19)11-20-24(15)16(12)22-7-4-8-22/h11H,4-10H2,1-3H3. The van der Waals surface area contributed by atoms with E-state index < -0.39 is 5.60 Å². The Labute approximate surface area is 166 Å². The van der Waals surface area contributed by atoms with Gasteiger partial charge in [0.05, 0.1) is 15.5 Å². The fourth-order valence-electron chi connectivity index (χ4n) is 3.45. The topological polar surface area (TPSA) is 63.0 Å². The molecule has 4 heterocycles. The largest absolute Gasteiger partial charge is 0.444 e. The molecule has 8 heteroatoms. The Morgan fingerprint density at radius 3 is 2.58 bits per heavy atom. The van der Waals surface area contributed by atoms with Gasteiger partial charge in [-0.15, -0.1) is 0 Å². The van der Waals surface area contributed by atoms with E-state index in [9.17, 15) is 4.79 Å². The molecule has 0 atom stereocenters. The summed E-state index contributed by atoms with van der Waals surface area (Å²) < 4.78 is 8.59. The number of aromatic nitrogens is 3. The third kappa shape index (κ3) is 3.23. The smallest absolute Gasteiger partial charge is 0.410 e. The number of hydrogen-bond acceptors (Lipinski definition) is 5. The predicted molar refractivity (Wildman–Crippen MR) is 108 cm³/mol. The summed E-state index contributed by atoms with van der Waals surface area (Å²) in [5.74, 6) is 1.16. The summed E-state index contributed by atoms with van der Waals surface area (Å²) in [4.78, 5) is 21.6. The number of halogens is 1. The van der Waals surface area contributed by atoms with E-state index in [-0.39, 0.29) is 6.09 Å². The predicted octanol–water partition coefficient (Wildman–Crippen LogP) is 2.88. The fraction of sp³-hybridized carbons (Fsp3) is 0.611. The third-order valence-electron chi connectivity index (χ3n) is 4.82. The number of carbonyl (C=O) groups excluding carboxylic acids is 1. The molecule has 0 bridgehead atoms. The minimum Gasteiger partial charge on any atom is -0.444 e. The van der Waals surface area contributed by atoms with Crippen LogP contribution in [0.4, 0.5) is 10.6 Å². The van der Waals surface area contributed by atoms with Crippen LogP contribution in [0.1, 0.15) is 38.4 Å². The van der Waals surface area contributed by atoms with E-state index in [4.69, 9.17) is 9.72 Å². The van der Waals surface area contributed by atoms with Gasteiger partial charge < -0.3 is 14.5 Å². The lowest BCUT2D eigenvalue weighted by Gasteiger charge is -2.35. The number of ether oxygens (including phenoxy) is 1. The van der Waals surface area contributed by atoms with Crippen LogP contribution in [-0.4, -0.2) is 57.4 Å². The van der Waals surface area contributed by atoms with Crippen LogP contribution in [0.3, 0.4) is 0 Å². The lowest BCUT2D eigenvalue weighted by atomic mass is 10.1. The van der Waals surface area contributed by atoms with Crippen molar-refractivity contribution in [3.63, 3.8) is 0 Å². The highest BCUT2D eigenvalue weighted by molar-refractivity contribution is 14.1. The van der Waals surface area contributed by atoms with E-state index in [0.29, 0.717) is 13.1 Å². The molecule has 0 spiro atoms. The lowest BCUT2D eigenvalue weighted by Crippen LogP contribution is -2.40. The van der Waals surface area contributed by atoms with Gasteiger partial charge in [0, 0.05) is 38.2 Å². The van der Waals surface area contributed by atoms with Gasteiger partial charge in [0.2, 0.25) is 0 Å². The molecule has 2 aromatic rings. The number of rotatable bonds is 1. The van der Waals surface area contributed by atoms with Crippen molar-refractivity contribution in [3.05, 3.63) is 21.0 Å². The maximum atomic E-state index is 12.5. The summed E-state index contributed by atoms with van der Waals surface area (Å²) in [6.45, 7) is 9.09. The van der Waals surface area contributed by atoms with Crippen LogP contribution in [-0.2, 0) is 17.6 Å². The first-order valence-electron chi connectivity index (χ1n) is 9.11. The minimum absolute atomic E-state index is 0.241. The average Bonchev–Trinajstić information content (AvgIpc) is 2.74. The number of carbonyl (C=O) groups is 1.